The Morgan fingerprint density at radius 1 is 1.18 bits per heavy atom. The first-order valence-electron chi connectivity index (χ1n) is 9.66. The van der Waals surface area contributed by atoms with Crippen molar-refractivity contribution in [1.29, 1.82) is 0 Å². The number of hydrogen-bond acceptors (Lipinski definition) is 7. The van der Waals surface area contributed by atoms with Gasteiger partial charge in [-0.25, -0.2) is 18.4 Å². The third-order valence-electron chi connectivity index (χ3n) is 4.71. The molecule has 12 heteroatoms. The maximum Gasteiger partial charge on any atom is 0.415 e. The molecule has 3 rings (SSSR count). The molecular formula is C22H16F2N2O7S. The van der Waals surface area contributed by atoms with Crippen LogP contribution in [0.3, 0.4) is 0 Å². The number of carbonyl (C=O) groups is 3. The highest BCUT2D eigenvalue weighted by Crippen LogP contribution is 2.43. The minimum Gasteiger partial charge on any atom is -0.478 e. The predicted octanol–water partition coefficient (Wildman–Crippen LogP) is 5.28. The summed E-state index contributed by atoms with van der Waals surface area (Å²) < 4.78 is 33.6. The second kappa shape index (κ2) is 10.2. The summed E-state index contributed by atoms with van der Waals surface area (Å²) in [7, 11) is 0. The van der Waals surface area contributed by atoms with Crippen LogP contribution in [0.1, 0.15) is 33.2 Å². The highest BCUT2D eigenvalue weighted by atomic mass is 32.1. The van der Waals surface area contributed by atoms with Gasteiger partial charge in [-0.1, -0.05) is 6.07 Å². The highest BCUT2D eigenvalue weighted by molar-refractivity contribution is 7.20. The van der Waals surface area contributed by atoms with Crippen LogP contribution in [0, 0.1) is 21.7 Å². The zero-order valence-electron chi connectivity index (χ0n) is 17.5. The molecule has 0 aliphatic rings. The van der Waals surface area contributed by atoms with Gasteiger partial charge >= 0.3 is 12.1 Å². The highest BCUT2D eigenvalue weighted by Gasteiger charge is 2.32. The SMILES string of the molecule is CCOC(=O)N(Cc1c(F)cccc1F)c1sc(-c2ccc([N+](=O)[O-])cc2)c(C=O)c1C(=O)O. The van der Waals surface area contributed by atoms with Crippen LogP contribution < -0.4 is 4.90 Å². The van der Waals surface area contributed by atoms with Crippen molar-refractivity contribution in [1.82, 2.24) is 0 Å². The fourth-order valence-electron chi connectivity index (χ4n) is 3.15. The normalized spacial score (nSPS) is 10.6. The number of benzene rings is 2. The van der Waals surface area contributed by atoms with Gasteiger partial charge in [-0.2, -0.15) is 0 Å². The molecule has 0 aliphatic carbocycles. The van der Waals surface area contributed by atoms with Crippen LogP contribution in [0.4, 0.5) is 24.3 Å². The Labute approximate surface area is 195 Å². The zero-order valence-corrected chi connectivity index (χ0v) is 18.3. The van der Waals surface area contributed by atoms with Crippen molar-refractivity contribution in [2.75, 3.05) is 11.5 Å². The molecule has 0 fully saturated rings. The van der Waals surface area contributed by atoms with Crippen LogP contribution in [-0.2, 0) is 11.3 Å². The fraction of sp³-hybridized carbons (Fsp3) is 0.136. The summed E-state index contributed by atoms with van der Waals surface area (Å²) >= 11 is 0.698. The minimum absolute atomic E-state index is 0.0978. The van der Waals surface area contributed by atoms with E-state index in [0.717, 1.165) is 23.1 Å². The lowest BCUT2D eigenvalue weighted by atomic mass is 10.1. The van der Waals surface area contributed by atoms with Gasteiger partial charge < -0.3 is 9.84 Å². The van der Waals surface area contributed by atoms with Crippen LogP contribution >= 0.6 is 11.3 Å². The standard InChI is InChI=1S/C22H16F2N2O7S/c1-2-33-22(30)25(10-14-16(23)4-3-5-17(14)24)20-18(21(28)29)15(11-27)19(34-20)12-6-8-13(9-7-12)26(31)32/h3-9,11H,2,10H2,1H3,(H,28,29). The molecule has 9 nitrogen and oxygen atoms in total. The Morgan fingerprint density at radius 2 is 1.79 bits per heavy atom. The van der Waals surface area contributed by atoms with Gasteiger partial charge in [0.2, 0.25) is 0 Å². The molecular weight excluding hydrogens is 474 g/mol. The van der Waals surface area contributed by atoms with E-state index in [4.69, 9.17) is 4.74 Å². The molecule has 34 heavy (non-hydrogen) atoms. The first kappa shape index (κ1) is 24.5. The average Bonchev–Trinajstić information content (AvgIpc) is 3.18. The van der Waals surface area contributed by atoms with E-state index in [1.165, 1.54) is 31.2 Å². The molecule has 1 N–H and O–H groups in total. The predicted molar refractivity (Wildman–Crippen MR) is 118 cm³/mol. The number of nitro benzene ring substituents is 1. The molecule has 0 spiro atoms. The number of carboxylic acids is 1. The Kier molecular flexibility index (Phi) is 7.31. The lowest BCUT2D eigenvalue weighted by molar-refractivity contribution is -0.384. The Bertz CT molecular complexity index is 1250. The van der Waals surface area contributed by atoms with Crippen LogP contribution in [0.25, 0.3) is 10.4 Å². The monoisotopic (exact) mass is 490 g/mol. The van der Waals surface area contributed by atoms with Crippen molar-refractivity contribution in [3.63, 3.8) is 0 Å². The van der Waals surface area contributed by atoms with Crippen molar-refractivity contribution < 1.29 is 37.9 Å². The van der Waals surface area contributed by atoms with E-state index in [1.54, 1.807) is 0 Å². The summed E-state index contributed by atoms with van der Waals surface area (Å²) in [6.07, 6.45) is -0.811. The average molecular weight is 490 g/mol. The number of ether oxygens (including phenoxy) is 1. The number of rotatable bonds is 8. The van der Waals surface area contributed by atoms with E-state index in [2.05, 4.69) is 0 Å². The van der Waals surface area contributed by atoms with E-state index < -0.39 is 46.3 Å². The smallest absolute Gasteiger partial charge is 0.415 e. The molecule has 0 radical (unpaired) electrons. The molecule has 0 saturated heterocycles. The number of nitrogens with zero attached hydrogens (tertiary/aromatic N) is 2. The van der Waals surface area contributed by atoms with Crippen molar-refractivity contribution in [2.45, 2.75) is 13.5 Å². The summed E-state index contributed by atoms with van der Waals surface area (Å²) in [6.45, 7) is 0.667. The summed E-state index contributed by atoms with van der Waals surface area (Å²) in [5.41, 5.74) is -1.34. The van der Waals surface area contributed by atoms with Gasteiger partial charge in [-0.15, -0.1) is 11.3 Å². The van der Waals surface area contributed by atoms with E-state index in [0.29, 0.717) is 11.3 Å². The topological polar surface area (TPSA) is 127 Å². The second-order valence-electron chi connectivity index (χ2n) is 6.74. The lowest BCUT2D eigenvalue weighted by Crippen LogP contribution is -2.32. The van der Waals surface area contributed by atoms with Crippen LogP contribution in [0.5, 0.6) is 0 Å². The number of thiophene rings is 1. The van der Waals surface area contributed by atoms with Crippen molar-refractivity contribution in [3.8, 4) is 10.4 Å². The van der Waals surface area contributed by atoms with E-state index >= 15 is 0 Å². The Morgan fingerprint density at radius 3 is 2.29 bits per heavy atom. The molecule has 0 aliphatic heterocycles. The molecule has 0 bridgehead atoms. The summed E-state index contributed by atoms with van der Waals surface area (Å²) in [4.78, 5) is 47.8. The van der Waals surface area contributed by atoms with E-state index in [-0.39, 0.29) is 39.6 Å². The number of nitro groups is 1. The number of carbonyl (C=O) groups excluding carboxylic acids is 2. The summed E-state index contributed by atoms with van der Waals surface area (Å²) in [6, 6.07) is 8.06. The first-order valence-corrected chi connectivity index (χ1v) is 10.5. The Balaban J connectivity index is 2.22. The summed E-state index contributed by atoms with van der Waals surface area (Å²) in [5.74, 6) is -3.49. The maximum atomic E-state index is 14.3. The number of halogens is 2. The molecule has 0 saturated carbocycles. The number of anilines is 1. The molecule has 1 amide bonds. The van der Waals surface area contributed by atoms with Gasteiger partial charge in [0.15, 0.2) is 6.29 Å². The number of carboxylic acid groups (broad SMARTS) is 1. The lowest BCUT2D eigenvalue weighted by Gasteiger charge is -2.22. The van der Waals surface area contributed by atoms with Gasteiger partial charge in [0.25, 0.3) is 5.69 Å². The van der Waals surface area contributed by atoms with Crippen molar-refractivity contribution in [2.24, 2.45) is 0 Å². The number of amides is 1. The Hall–Kier alpha value is -4.19. The van der Waals surface area contributed by atoms with E-state index in [9.17, 15) is 38.4 Å². The number of hydrogen-bond donors (Lipinski definition) is 1. The molecule has 1 aromatic heterocycles. The van der Waals surface area contributed by atoms with E-state index in [1.807, 2.05) is 0 Å². The third kappa shape index (κ3) is 4.76. The second-order valence-corrected chi connectivity index (χ2v) is 7.74. The van der Waals surface area contributed by atoms with Crippen molar-refractivity contribution >= 4 is 40.4 Å². The van der Waals surface area contributed by atoms with Gasteiger partial charge in [0, 0.05) is 28.1 Å². The molecule has 2 aromatic carbocycles. The van der Waals surface area contributed by atoms with Crippen molar-refractivity contribution in [3.05, 3.63) is 80.9 Å². The number of aromatic carboxylic acids is 1. The third-order valence-corrected chi connectivity index (χ3v) is 5.99. The van der Waals surface area contributed by atoms with Gasteiger partial charge in [0.1, 0.15) is 22.2 Å². The zero-order chi connectivity index (χ0) is 25.0. The summed E-state index contributed by atoms with van der Waals surface area (Å²) in [5, 5.41) is 20.5. The van der Waals surface area contributed by atoms with Gasteiger partial charge in [-0.3, -0.25) is 19.8 Å². The first-order chi connectivity index (χ1) is 16.2. The number of non-ortho nitro benzene ring substituents is 1. The fourth-order valence-corrected chi connectivity index (χ4v) is 4.41. The van der Waals surface area contributed by atoms with Crippen LogP contribution in [0.2, 0.25) is 0 Å². The molecule has 3 aromatic rings. The van der Waals surface area contributed by atoms with Crippen LogP contribution in [-0.4, -0.2) is 35.0 Å². The largest absolute Gasteiger partial charge is 0.478 e. The molecule has 176 valence electrons. The van der Waals surface area contributed by atoms with Gasteiger partial charge in [-0.05, 0) is 36.8 Å². The quantitative estimate of drug-likeness (QED) is 0.259. The van der Waals surface area contributed by atoms with Gasteiger partial charge in [0.05, 0.1) is 18.1 Å². The number of aldehydes is 1. The van der Waals surface area contributed by atoms with Crippen LogP contribution in [0.15, 0.2) is 42.5 Å². The maximum absolute atomic E-state index is 14.3. The molecule has 1 heterocycles. The molecule has 0 unspecified atom stereocenters. The minimum atomic E-state index is -1.56. The molecule has 0 atom stereocenters.